The molecule has 1 aromatic heterocycles. The van der Waals surface area contributed by atoms with Crippen molar-refractivity contribution in [1.29, 1.82) is 0 Å². The van der Waals surface area contributed by atoms with Crippen molar-refractivity contribution in [1.82, 2.24) is 9.88 Å². The molecular formula is C23H30N4O2. The van der Waals surface area contributed by atoms with Crippen molar-refractivity contribution in [3.05, 3.63) is 57.5 Å². The molecule has 29 heavy (non-hydrogen) atoms. The van der Waals surface area contributed by atoms with E-state index in [2.05, 4.69) is 40.0 Å². The summed E-state index contributed by atoms with van der Waals surface area (Å²) in [6, 6.07) is 10.0. The van der Waals surface area contributed by atoms with Gasteiger partial charge in [0.15, 0.2) is 0 Å². The number of nitrogens with one attached hydrogen (secondary N) is 2. The largest absolute Gasteiger partial charge is 0.369 e. The zero-order valence-corrected chi connectivity index (χ0v) is 17.3. The SMILES string of the molecule is CC(C)N1CCN(c2cccc(NC(=O)c3cc(=O)[nH]c4c3CCCC4)c2)CC1. The number of piperazine rings is 1. The Kier molecular flexibility index (Phi) is 5.72. The zero-order chi connectivity index (χ0) is 20.4. The Bertz CT molecular complexity index is 942. The lowest BCUT2D eigenvalue weighted by Gasteiger charge is -2.38. The Morgan fingerprint density at radius 1 is 1.07 bits per heavy atom. The summed E-state index contributed by atoms with van der Waals surface area (Å²) in [5.74, 6) is -0.198. The molecule has 4 rings (SSSR count). The molecule has 1 saturated heterocycles. The van der Waals surface area contributed by atoms with Crippen molar-refractivity contribution in [2.75, 3.05) is 36.4 Å². The molecule has 1 aliphatic carbocycles. The number of pyridine rings is 1. The average molecular weight is 395 g/mol. The molecule has 0 unspecified atom stereocenters. The number of H-pyrrole nitrogens is 1. The Labute approximate surface area is 171 Å². The van der Waals surface area contributed by atoms with Gasteiger partial charge in [-0.1, -0.05) is 6.07 Å². The van der Waals surface area contributed by atoms with Crippen LogP contribution in [0.15, 0.2) is 35.1 Å². The van der Waals surface area contributed by atoms with Gasteiger partial charge in [0.25, 0.3) is 5.91 Å². The Hall–Kier alpha value is -2.60. The molecule has 0 spiro atoms. The maximum absolute atomic E-state index is 13.0. The van der Waals surface area contributed by atoms with Gasteiger partial charge in [-0.25, -0.2) is 0 Å². The van der Waals surface area contributed by atoms with Crippen molar-refractivity contribution >= 4 is 17.3 Å². The number of aryl methyl sites for hydroxylation is 1. The summed E-state index contributed by atoms with van der Waals surface area (Å²) in [5, 5.41) is 3.01. The third kappa shape index (κ3) is 4.37. The molecule has 0 radical (unpaired) electrons. The second-order valence-electron chi connectivity index (χ2n) is 8.33. The molecule has 6 nitrogen and oxygen atoms in total. The average Bonchev–Trinajstić information content (AvgIpc) is 2.73. The van der Waals surface area contributed by atoms with E-state index in [0.717, 1.165) is 74.5 Å². The van der Waals surface area contributed by atoms with Gasteiger partial charge in [-0.15, -0.1) is 0 Å². The normalized spacial score (nSPS) is 17.3. The van der Waals surface area contributed by atoms with Crippen molar-refractivity contribution in [3.8, 4) is 0 Å². The monoisotopic (exact) mass is 394 g/mol. The Balaban J connectivity index is 1.50. The van der Waals surface area contributed by atoms with Crippen LogP contribution in [0.2, 0.25) is 0 Å². The molecule has 0 atom stereocenters. The fraction of sp³-hybridized carbons (Fsp3) is 0.478. The standard InChI is InChI=1S/C23H30N4O2/c1-16(2)26-10-12-27(13-11-26)18-7-5-6-17(14-18)24-23(29)20-15-22(28)25-21-9-4-3-8-19(20)21/h5-7,14-16H,3-4,8-13H2,1-2H3,(H,24,29)(H,25,28). The summed E-state index contributed by atoms with van der Waals surface area (Å²) in [5.41, 5.74) is 4.12. The van der Waals surface area contributed by atoms with Gasteiger partial charge in [-0.3, -0.25) is 14.5 Å². The van der Waals surface area contributed by atoms with E-state index in [-0.39, 0.29) is 11.5 Å². The third-order valence-electron chi connectivity index (χ3n) is 6.10. The zero-order valence-electron chi connectivity index (χ0n) is 17.3. The van der Waals surface area contributed by atoms with E-state index >= 15 is 0 Å². The predicted octanol–water partition coefficient (Wildman–Crippen LogP) is 3.04. The minimum atomic E-state index is -0.201. The Morgan fingerprint density at radius 2 is 1.83 bits per heavy atom. The highest BCUT2D eigenvalue weighted by Gasteiger charge is 2.21. The lowest BCUT2D eigenvalue weighted by Crippen LogP contribution is -2.48. The molecule has 6 heteroatoms. The molecular weight excluding hydrogens is 364 g/mol. The number of hydrogen-bond acceptors (Lipinski definition) is 4. The van der Waals surface area contributed by atoms with Crippen LogP contribution in [0.1, 0.15) is 48.3 Å². The maximum atomic E-state index is 13.0. The van der Waals surface area contributed by atoms with Crippen LogP contribution in [0.3, 0.4) is 0 Å². The van der Waals surface area contributed by atoms with Crippen LogP contribution in [-0.4, -0.2) is 48.0 Å². The number of aromatic amines is 1. The summed E-state index contributed by atoms with van der Waals surface area (Å²) in [7, 11) is 0. The molecule has 2 aromatic rings. The van der Waals surface area contributed by atoms with E-state index in [1.807, 2.05) is 18.2 Å². The van der Waals surface area contributed by atoms with Gasteiger partial charge in [-0.2, -0.15) is 0 Å². The number of rotatable bonds is 4. The summed E-state index contributed by atoms with van der Waals surface area (Å²) >= 11 is 0. The lowest BCUT2D eigenvalue weighted by atomic mass is 9.92. The number of carbonyl (C=O) groups is 1. The number of fused-ring (bicyclic) bond motifs is 1. The van der Waals surface area contributed by atoms with E-state index in [4.69, 9.17) is 0 Å². The first-order chi connectivity index (χ1) is 14.0. The molecule has 1 amide bonds. The number of hydrogen-bond donors (Lipinski definition) is 2. The Morgan fingerprint density at radius 3 is 2.59 bits per heavy atom. The van der Waals surface area contributed by atoms with Crippen LogP contribution in [0, 0.1) is 0 Å². The number of benzene rings is 1. The van der Waals surface area contributed by atoms with Crippen molar-refractivity contribution in [2.24, 2.45) is 0 Å². The second-order valence-corrected chi connectivity index (χ2v) is 8.33. The molecule has 154 valence electrons. The molecule has 2 heterocycles. The second kappa shape index (κ2) is 8.41. The fourth-order valence-electron chi connectivity index (χ4n) is 4.42. The van der Waals surface area contributed by atoms with Gasteiger partial charge in [-0.05, 0) is 63.3 Å². The van der Waals surface area contributed by atoms with E-state index in [1.54, 1.807) is 0 Å². The van der Waals surface area contributed by atoms with Gasteiger partial charge in [0.05, 0.1) is 5.56 Å². The van der Waals surface area contributed by atoms with Gasteiger partial charge < -0.3 is 15.2 Å². The van der Waals surface area contributed by atoms with Gasteiger partial charge >= 0.3 is 0 Å². The van der Waals surface area contributed by atoms with Crippen LogP contribution in [0.4, 0.5) is 11.4 Å². The molecule has 1 aliphatic heterocycles. The van der Waals surface area contributed by atoms with Gasteiger partial charge in [0.2, 0.25) is 5.56 Å². The quantitative estimate of drug-likeness (QED) is 0.836. The van der Waals surface area contributed by atoms with E-state index in [1.165, 1.54) is 6.07 Å². The number of nitrogens with zero attached hydrogens (tertiary/aromatic N) is 2. The highest BCUT2D eigenvalue weighted by atomic mass is 16.2. The van der Waals surface area contributed by atoms with Crippen LogP contribution < -0.4 is 15.8 Å². The molecule has 1 aromatic carbocycles. The molecule has 2 N–H and O–H groups in total. The van der Waals surface area contributed by atoms with Gasteiger partial charge in [0.1, 0.15) is 0 Å². The van der Waals surface area contributed by atoms with Crippen LogP contribution in [0.5, 0.6) is 0 Å². The maximum Gasteiger partial charge on any atom is 0.256 e. The topological polar surface area (TPSA) is 68.4 Å². The summed E-state index contributed by atoms with van der Waals surface area (Å²) in [6.07, 6.45) is 3.79. The number of aromatic nitrogens is 1. The van der Waals surface area contributed by atoms with Crippen molar-refractivity contribution < 1.29 is 4.79 Å². The van der Waals surface area contributed by atoms with Crippen molar-refractivity contribution in [2.45, 2.75) is 45.6 Å². The van der Waals surface area contributed by atoms with Gasteiger partial charge in [0, 0.05) is 55.4 Å². The van der Waals surface area contributed by atoms with E-state index < -0.39 is 0 Å². The summed E-state index contributed by atoms with van der Waals surface area (Å²) in [4.78, 5) is 32.7. The summed E-state index contributed by atoms with van der Waals surface area (Å²) in [6.45, 7) is 8.53. The number of amides is 1. The number of anilines is 2. The highest BCUT2D eigenvalue weighted by Crippen LogP contribution is 2.24. The lowest BCUT2D eigenvalue weighted by molar-refractivity contribution is 0.102. The minimum Gasteiger partial charge on any atom is -0.369 e. The molecule has 2 aliphatic rings. The van der Waals surface area contributed by atoms with Crippen molar-refractivity contribution in [3.63, 3.8) is 0 Å². The smallest absolute Gasteiger partial charge is 0.256 e. The van der Waals surface area contributed by atoms with Crippen LogP contribution in [-0.2, 0) is 12.8 Å². The van der Waals surface area contributed by atoms with Crippen LogP contribution >= 0.6 is 0 Å². The third-order valence-corrected chi connectivity index (χ3v) is 6.10. The first kappa shape index (κ1) is 19.7. The predicted molar refractivity (Wildman–Crippen MR) is 117 cm³/mol. The summed E-state index contributed by atoms with van der Waals surface area (Å²) < 4.78 is 0. The first-order valence-corrected chi connectivity index (χ1v) is 10.7. The molecule has 0 saturated carbocycles. The fourth-order valence-corrected chi connectivity index (χ4v) is 4.42. The highest BCUT2D eigenvalue weighted by molar-refractivity contribution is 6.05. The van der Waals surface area contributed by atoms with E-state index in [9.17, 15) is 9.59 Å². The molecule has 0 bridgehead atoms. The van der Waals surface area contributed by atoms with E-state index in [0.29, 0.717) is 11.6 Å². The molecule has 1 fully saturated rings. The minimum absolute atomic E-state index is 0.198. The van der Waals surface area contributed by atoms with Crippen LogP contribution in [0.25, 0.3) is 0 Å². The first-order valence-electron chi connectivity index (χ1n) is 10.7. The number of carbonyl (C=O) groups excluding carboxylic acids is 1.